The van der Waals surface area contributed by atoms with Crippen LogP contribution in [0.3, 0.4) is 0 Å². The summed E-state index contributed by atoms with van der Waals surface area (Å²) in [6.07, 6.45) is -3.04. The zero-order valence-electron chi connectivity index (χ0n) is 15.1. The van der Waals surface area contributed by atoms with Crippen molar-refractivity contribution in [2.75, 3.05) is 13.1 Å². The van der Waals surface area contributed by atoms with Crippen LogP contribution in [0.25, 0.3) is 0 Å². The molecule has 0 bridgehead atoms. The number of fused-ring (bicyclic) bond motifs is 1. The van der Waals surface area contributed by atoms with Crippen LogP contribution in [-0.2, 0) is 11.2 Å². The summed E-state index contributed by atoms with van der Waals surface area (Å²) in [7, 11) is 0. The molecule has 0 aromatic heterocycles. The minimum Gasteiger partial charge on any atom is -0.369 e. The molecule has 6 heteroatoms. The van der Waals surface area contributed by atoms with Gasteiger partial charge in [0.05, 0.1) is 11.3 Å². The molecular weight excluding hydrogens is 341 g/mol. The van der Waals surface area contributed by atoms with Gasteiger partial charge in [-0.2, -0.15) is 13.2 Å². The molecule has 1 amide bonds. The van der Waals surface area contributed by atoms with Crippen molar-refractivity contribution in [2.45, 2.75) is 38.8 Å². The Bertz CT molecular complexity index is 634. The zero-order valence-corrected chi connectivity index (χ0v) is 15.1. The fraction of sp³-hybridized carbons (Fsp3) is 0.650. The van der Waals surface area contributed by atoms with Crippen LogP contribution in [0.15, 0.2) is 30.3 Å². The topological polar surface area (TPSA) is 55.1 Å². The van der Waals surface area contributed by atoms with Crippen molar-refractivity contribution >= 4 is 5.91 Å². The Morgan fingerprint density at radius 1 is 1.23 bits per heavy atom. The number of nitrogens with one attached hydrogen (secondary N) is 1. The predicted octanol–water partition coefficient (Wildman–Crippen LogP) is 3.53. The van der Waals surface area contributed by atoms with Crippen molar-refractivity contribution in [3.8, 4) is 0 Å². The van der Waals surface area contributed by atoms with Gasteiger partial charge in [0.25, 0.3) is 0 Å². The van der Waals surface area contributed by atoms with E-state index in [1.54, 1.807) is 24.3 Å². The highest BCUT2D eigenvalue weighted by atomic mass is 19.4. The van der Waals surface area contributed by atoms with E-state index in [4.69, 9.17) is 5.73 Å². The molecule has 5 unspecified atom stereocenters. The van der Waals surface area contributed by atoms with Crippen molar-refractivity contribution in [2.24, 2.45) is 34.8 Å². The Kier molecular flexibility index (Phi) is 5.33. The van der Waals surface area contributed by atoms with Gasteiger partial charge in [0, 0.05) is 0 Å². The molecule has 5 atom stereocenters. The fourth-order valence-corrected chi connectivity index (χ4v) is 5.56. The normalized spacial score (nSPS) is 29.2. The van der Waals surface area contributed by atoms with Crippen molar-refractivity contribution in [1.82, 2.24) is 5.32 Å². The summed E-state index contributed by atoms with van der Waals surface area (Å²) in [5.74, 6) is -2.44. The van der Waals surface area contributed by atoms with Gasteiger partial charge in [0.15, 0.2) is 0 Å². The Hall–Kier alpha value is -1.56. The molecule has 2 fully saturated rings. The minimum atomic E-state index is -4.46. The Morgan fingerprint density at radius 2 is 1.92 bits per heavy atom. The average molecular weight is 368 g/mol. The molecule has 1 saturated carbocycles. The predicted molar refractivity (Wildman–Crippen MR) is 94.2 cm³/mol. The number of alkyl halides is 3. The van der Waals surface area contributed by atoms with E-state index < -0.39 is 23.4 Å². The van der Waals surface area contributed by atoms with E-state index in [0.29, 0.717) is 18.9 Å². The number of halogens is 3. The van der Waals surface area contributed by atoms with E-state index in [1.165, 1.54) is 6.92 Å². The first-order valence-electron chi connectivity index (χ1n) is 9.42. The molecule has 3 nitrogen and oxygen atoms in total. The third kappa shape index (κ3) is 3.24. The maximum atomic E-state index is 14.1. The summed E-state index contributed by atoms with van der Waals surface area (Å²) >= 11 is 0. The molecule has 1 aromatic carbocycles. The van der Waals surface area contributed by atoms with Gasteiger partial charge in [-0.05, 0) is 62.1 Å². The fourth-order valence-electron chi connectivity index (χ4n) is 5.56. The first-order valence-corrected chi connectivity index (χ1v) is 9.42. The monoisotopic (exact) mass is 368 g/mol. The standard InChI is InChI=1S/C20H27F3N2O/c1-2-17(20(21,22)23)19(18(24)26,10-13-6-4-3-5-7-13)16-9-8-14-11-25-12-15(14)16/h3-7,14-17,25H,2,8-12H2,1H3,(H2,24,26). The number of rotatable bonds is 6. The Labute approximate surface area is 152 Å². The van der Waals surface area contributed by atoms with Crippen molar-refractivity contribution < 1.29 is 18.0 Å². The van der Waals surface area contributed by atoms with Gasteiger partial charge in [-0.15, -0.1) is 0 Å². The Morgan fingerprint density at radius 3 is 2.50 bits per heavy atom. The zero-order chi connectivity index (χ0) is 18.9. The van der Waals surface area contributed by atoms with Crippen molar-refractivity contribution in [3.05, 3.63) is 35.9 Å². The number of hydrogen-bond donors (Lipinski definition) is 2. The van der Waals surface area contributed by atoms with E-state index in [2.05, 4.69) is 5.32 Å². The van der Waals surface area contributed by atoms with Crippen LogP contribution in [0.2, 0.25) is 0 Å². The van der Waals surface area contributed by atoms with Gasteiger partial charge in [-0.1, -0.05) is 37.3 Å². The van der Waals surface area contributed by atoms with Crippen LogP contribution in [0, 0.1) is 29.1 Å². The van der Waals surface area contributed by atoms with Crippen LogP contribution in [-0.4, -0.2) is 25.2 Å². The number of hydrogen-bond acceptors (Lipinski definition) is 2. The smallest absolute Gasteiger partial charge is 0.369 e. The highest BCUT2D eigenvalue weighted by molar-refractivity contribution is 5.82. The molecule has 1 aliphatic carbocycles. The van der Waals surface area contributed by atoms with Crippen LogP contribution < -0.4 is 11.1 Å². The molecule has 1 aromatic rings. The molecule has 1 saturated heterocycles. The van der Waals surface area contributed by atoms with Crippen molar-refractivity contribution in [1.29, 1.82) is 0 Å². The number of nitrogens with two attached hydrogens (primary N) is 1. The lowest BCUT2D eigenvalue weighted by atomic mass is 9.58. The van der Waals surface area contributed by atoms with Crippen molar-refractivity contribution in [3.63, 3.8) is 0 Å². The summed E-state index contributed by atoms with van der Waals surface area (Å²) in [6, 6.07) is 9.00. The second-order valence-corrected chi connectivity index (χ2v) is 7.84. The van der Waals surface area contributed by atoms with Crippen LogP contribution >= 0.6 is 0 Å². The summed E-state index contributed by atoms with van der Waals surface area (Å²) in [6.45, 7) is 3.01. The summed E-state index contributed by atoms with van der Waals surface area (Å²) in [4.78, 5) is 12.8. The first kappa shape index (κ1) is 19.2. The first-order chi connectivity index (χ1) is 12.3. The molecule has 3 rings (SSSR count). The Balaban J connectivity index is 2.10. The lowest BCUT2D eigenvalue weighted by Gasteiger charge is -2.45. The molecule has 144 valence electrons. The summed E-state index contributed by atoms with van der Waals surface area (Å²) < 4.78 is 42.2. The minimum absolute atomic E-state index is 0.0507. The van der Waals surface area contributed by atoms with Gasteiger partial charge in [0.2, 0.25) is 5.91 Å². The summed E-state index contributed by atoms with van der Waals surface area (Å²) in [5, 5.41) is 3.29. The molecular formula is C20H27F3N2O. The lowest BCUT2D eigenvalue weighted by molar-refractivity contribution is -0.219. The second-order valence-electron chi connectivity index (χ2n) is 7.84. The molecule has 26 heavy (non-hydrogen) atoms. The van der Waals surface area contributed by atoms with Crippen LogP contribution in [0.5, 0.6) is 0 Å². The molecule has 0 radical (unpaired) electrons. The van der Waals surface area contributed by atoms with Gasteiger partial charge in [0.1, 0.15) is 0 Å². The van der Waals surface area contributed by atoms with E-state index in [0.717, 1.165) is 18.5 Å². The SMILES string of the molecule is CCC(C(F)(F)F)C(Cc1ccccc1)(C(N)=O)C1CCC2CNCC21. The molecule has 1 aliphatic heterocycles. The van der Waals surface area contributed by atoms with Gasteiger partial charge in [-0.3, -0.25) is 4.79 Å². The molecule has 0 spiro atoms. The largest absolute Gasteiger partial charge is 0.392 e. The lowest BCUT2D eigenvalue weighted by Crippen LogP contribution is -2.56. The van der Waals surface area contributed by atoms with Crippen LogP contribution in [0.4, 0.5) is 13.2 Å². The number of primary amides is 1. The number of benzene rings is 1. The maximum absolute atomic E-state index is 14.1. The molecule has 3 N–H and O–H groups in total. The third-order valence-corrected chi connectivity index (χ3v) is 6.64. The van der Waals surface area contributed by atoms with E-state index in [1.807, 2.05) is 6.07 Å². The van der Waals surface area contributed by atoms with E-state index >= 15 is 0 Å². The third-order valence-electron chi connectivity index (χ3n) is 6.64. The maximum Gasteiger partial charge on any atom is 0.392 e. The summed E-state index contributed by atoms with van der Waals surface area (Å²) in [5.41, 5.74) is 4.94. The quantitative estimate of drug-likeness (QED) is 0.807. The van der Waals surface area contributed by atoms with Gasteiger partial charge >= 0.3 is 6.18 Å². The van der Waals surface area contributed by atoms with Gasteiger partial charge in [-0.25, -0.2) is 0 Å². The molecule has 1 heterocycles. The number of carbonyl (C=O) groups is 1. The number of carbonyl (C=O) groups excluding carboxylic acids is 1. The number of amides is 1. The van der Waals surface area contributed by atoms with Crippen LogP contribution in [0.1, 0.15) is 31.7 Å². The van der Waals surface area contributed by atoms with E-state index in [-0.39, 0.29) is 24.7 Å². The highest BCUT2D eigenvalue weighted by Crippen LogP contribution is 2.57. The van der Waals surface area contributed by atoms with E-state index in [9.17, 15) is 18.0 Å². The molecule has 2 aliphatic rings. The average Bonchev–Trinajstić information content (AvgIpc) is 3.17. The second kappa shape index (κ2) is 7.22. The highest BCUT2D eigenvalue weighted by Gasteiger charge is 2.62. The van der Waals surface area contributed by atoms with Gasteiger partial charge < -0.3 is 11.1 Å².